The van der Waals surface area contributed by atoms with Gasteiger partial charge in [0.1, 0.15) is 11.5 Å². The molecule has 17 heavy (non-hydrogen) atoms. The molecule has 1 fully saturated rings. The monoisotopic (exact) mass is 253 g/mol. The molecule has 1 atom stereocenters. The number of hydrogen-bond donors (Lipinski definition) is 3. The summed E-state index contributed by atoms with van der Waals surface area (Å²) < 4.78 is 0. The van der Waals surface area contributed by atoms with E-state index in [1.165, 1.54) is 11.5 Å². The number of phenolic OH excluding ortho intramolecular Hbond substituents is 2. The molecule has 1 aliphatic heterocycles. The first-order valence-corrected chi connectivity index (χ1v) is 7.18. The molecule has 0 aromatic heterocycles. The van der Waals surface area contributed by atoms with Crippen molar-refractivity contribution in [3.63, 3.8) is 0 Å². The Morgan fingerprint density at radius 2 is 1.82 bits per heavy atom. The van der Waals surface area contributed by atoms with E-state index >= 15 is 0 Å². The van der Waals surface area contributed by atoms with Gasteiger partial charge in [-0.3, -0.25) is 0 Å². The van der Waals surface area contributed by atoms with Crippen molar-refractivity contribution < 1.29 is 10.2 Å². The summed E-state index contributed by atoms with van der Waals surface area (Å²) in [7, 11) is 0. The van der Waals surface area contributed by atoms with E-state index in [2.05, 4.69) is 5.32 Å². The van der Waals surface area contributed by atoms with Crippen LogP contribution in [0.2, 0.25) is 0 Å². The predicted molar refractivity (Wildman–Crippen MR) is 71.7 cm³/mol. The number of phenols is 2. The normalized spacial score (nSPS) is 19.1. The van der Waals surface area contributed by atoms with Crippen molar-refractivity contribution in [1.29, 1.82) is 0 Å². The Morgan fingerprint density at radius 1 is 1.24 bits per heavy atom. The molecule has 3 nitrogen and oxygen atoms in total. The van der Waals surface area contributed by atoms with E-state index < -0.39 is 0 Å². The third kappa shape index (κ3) is 3.07. The number of aromatic hydroxyl groups is 2. The first-order chi connectivity index (χ1) is 8.18. The molecule has 4 heteroatoms. The Morgan fingerprint density at radius 3 is 2.41 bits per heavy atom. The first kappa shape index (κ1) is 12.6. The van der Waals surface area contributed by atoms with Crippen LogP contribution in [0.15, 0.2) is 18.2 Å². The number of hydrogen-bond acceptors (Lipinski definition) is 4. The van der Waals surface area contributed by atoms with Crippen molar-refractivity contribution in [1.82, 2.24) is 5.32 Å². The third-order valence-corrected chi connectivity index (χ3v) is 4.25. The Kier molecular flexibility index (Phi) is 4.18. The molecule has 1 saturated heterocycles. The summed E-state index contributed by atoms with van der Waals surface area (Å²) in [5, 5.41) is 23.1. The van der Waals surface area contributed by atoms with Crippen LogP contribution in [-0.4, -0.2) is 27.8 Å². The van der Waals surface area contributed by atoms with Gasteiger partial charge >= 0.3 is 0 Å². The second kappa shape index (κ2) is 5.65. The van der Waals surface area contributed by atoms with Crippen LogP contribution < -0.4 is 5.32 Å². The third-order valence-electron chi connectivity index (χ3n) is 3.20. The summed E-state index contributed by atoms with van der Waals surface area (Å²) in [4.78, 5) is 0. The van der Waals surface area contributed by atoms with Gasteiger partial charge in [0.05, 0.1) is 5.56 Å². The van der Waals surface area contributed by atoms with Gasteiger partial charge in [-0.15, -0.1) is 0 Å². The van der Waals surface area contributed by atoms with Gasteiger partial charge in [-0.2, -0.15) is 11.8 Å². The fraction of sp³-hybridized carbons (Fsp3) is 0.538. The minimum Gasteiger partial charge on any atom is -0.507 e. The van der Waals surface area contributed by atoms with Gasteiger partial charge in [-0.25, -0.2) is 0 Å². The second-order valence-corrected chi connectivity index (χ2v) is 5.71. The van der Waals surface area contributed by atoms with Crippen LogP contribution in [0.3, 0.4) is 0 Å². The Bertz CT molecular complexity index is 357. The number of thioether (sulfide) groups is 1. The zero-order chi connectivity index (χ0) is 12.3. The molecule has 0 amide bonds. The maximum atomic E-state index is 9.79. The molecule has 0 aliphatic carbocycles. The van der Waals surface area contributed by atoms with E-state index in [4.69, 9.17) is 0 Å². The van der Waals surface area contributed by atoms with Crippen LogP contribution in [0.4, 0.5) is 0 Å². The van der Waals surface area contributed by atoms with Crippen LogP contribution in [0.25, 0.3) is 0 Å². The first-order valence-electron chi connectivity index (χ1n) is 6.03. The smallest absolute Gasteiger partial charge is 0.124 e. The van der Waals surface area contributed by atoms with Gasteiger partial charge in [-0.1, -0.05) is 6.07 Å². The molecule has 1 heterocycles. The zero-order valence-corrected chi connectivity index (χ0v) is 10.8. The maximum absolute atomic E-state index is 9.79. The molecule has 0 spiro atoms. The summed E-state index contributed by atoms with van der Waals surface area (Å²) in [5.41, 5.74) is 0.603. The van der Waals surface area contributed by atoms with Crippen molar-refractivity contribution >= 4 is 11.8 Å². The van der Waals surface area contributed by atoms with Crippen molar-refractivity contribution in [2.75, 3.05) is 11.5 Å². The SMILES string of the molecule is CC(NC1CCSCC1)c1c(O)cccc1O. The second-order valence-electron chi connectivity index (χ2n) is 4.48. The number of nitrogens with one attached hydrogen (secondary N) is 1. The lowest BCUT2D eigenvalue weighted by Crippen LogP contribution is -2.34. The minimum atomic E-state index is -0.0238. The van der Waals surface area contributed by atoms with E-state index in [1.54, 1.807) is 18.2 Å². The molecule has 0 radical (unpaired) electrons. The molecular formula is C13H19NO2S. The lowest BCUT2D eigenvalue weighted by molar-refractivity contribution is 0.389. The van der Waals surface area contributed by atoms with Gasteiger partial charge in [0.25, 0.3) is 0 Å². The van der Waals surface area contributed by atoms with E-state index in [-0.39, 0.29) is 17.5 Å². The van der Waals surface area contributed by atoms with E-state index in [1.807, 2.05) is 18.7 Å². The van der Waals surface area contributed by atoms with Gasteiger partial charge in [-0.05, 0) is 43.4 Å². The fourth-order valence-electron chi connectivity index (χ4n) is 2.29. The Hall–Kier alpha value is -0.870. The lowest BCUT2D eigenvalue weighted by Gasteiger charge is -2.27. The van der Waals surface area contributed by atoms with Crippen LogP contribution in [-0.2, 0) is 0 Å². The Balaban J connectivity index is 2.05. The quantitative estimate of drug-likeness (QED) is 0.775. The van der Waals surface area contributed by atoms with Gasteiger partial charge < -0.3 is 15.5 Å². The summed E-state index contributed by atoms with van der Waals surface area (Å²) in [6, 6.07) is 5.35. The molecule has 1 aromatic carbocycles. The zero-order valence-electron chi connectivity index (χ0n) is 10.0. The average molecular weight is 253 g/mol. The highest BCUT2D eigenvalue weighted by atomic mass is 32.2. The molecule has 0 bridgehead atoms. The van der Waals surface area contributed by atoms with E-state index in [0.717, 1.165) is 12.8 Å². The highest BCUT2D eigenvalue weighted by Crippen LogP contribution is 2.33. The van der Waals surface area contributed by atoms with Crippen LogP contribution in [0.1, 0.15) is 31.4 Å². The molecule has 2 rings (SSSR count). The highest BCUT2D eigenvalue weighted by Gasteiger charge is 2.20. The summed E-state index contributed by atoms with van der Waals surface area (Å²) >= 11 is 1.99. The number of benzene rings is 1. The van der Waals surface area contributed by atoms with Crippen molar-refractivity contribution in [2.45, 2.75) is 31.8 Å². The van der Waals surface area contributed by atoms with Crippen LogP contribution in [0.5, 0.6) is 11.5 Å². The summed E-state index contributed by atoms with van der Waals surface area (Å²) in [6.45, 7) is 1.98. The van der Waals surface area contributed by atoms with Gasteiger partial charge in [0, 0.05) is 12.1 Å². The van der Waals surface area contributed by atoms with Crippen LogP contribution in [0, 0.1) is 0 Å². The molecule has 1 aromatic rings. The molecule has 1 unspecified atom stereocenters. The topological polar surface area (TPSA) is 52.5 Å². The average Bonchev–Trinajstić information content (AvgIpc) is 2.30. The van der Waals surface area contributed by atoms with E-state index in [0.29, 0.717) is 11.6 Å². The number of rotatable bonds is 3. The van der Waals surface area contributed by atoms with Gasteiger partial charge in [0.15, 0.2) is 0 Å². The molecule has 1 aliphatic rings. The van der Waals surface area contributed by atoms with Gasteiger partial charge in [0.2, 0.25) is 0 Å². The van der Waals surface area contributed by atoms with Crippen molar-refractivity contribution in [2.24, 2.45) is 0 Å². The predicted octanol–water partition coefficient (Wildman–Crippen LogP) is 2.64. The summed E-state index contributed by atoms with van der Waals surface area (Å²) in [5.74, 6) is 2.71. The lowest BCUT2D eigenvalue weighted by atomic mass is 10.0. The van der Waals surface area contributed by atoms with Crippen molar-refractivity contribution in [3.05, 3.63) is 23.8 Å². The summed E-state index contributed by atoms with van der Waals surface area (Å²) in [6.07, 6.45) is 2.31. The largest absolute Gasteiger partial charge is 0.507 e. The molecule has 3 N–H and O–H groups in total. The Labute approximate surface area is 106 Å². The molecule has 94 valence electrons. The molecular weight excluding hydrogens is 234 g/mol. The standard InChI is InChI=1S/C13H19NO2S/c1-9(14-10-5-7-17-8-6-10)13-11(15)3-2-4-12(13)16/h2-4,9-10,14-16H,5-8H2,1H3. The highest BCUT2D eigenvalue weighted by molar-refractivity contribution is 7.99. The van der Waals surface area contributed by atoms with Crippen molar-refractivity contribution in [3.8, 4) is 11.5 Å². The fourth-order valence-corrected chi connectivity index (χ4v) is 3.39. The maximum Gasteiger partial charge on any atom is 0.124 e. The minimum absolute atomic E-state index is 0.0238. The van der Waals surface area contributed by atoms with E-state index in [9.17, 15) is 10.2 Å². The van der Waals surface area contributed by atoms with Crippen LogP contribution >= 0.6 is 11.8 Å². The molecule has 0 saturated carbocycles.